The molecular formula is C13H15NO6. The molecule has 1 aromatic carbocycles. The van der Waals surface area contributed by atoms with Gasteiger partial charge in [-0.3, -0.25) is 4.90 Å². The van der Waals surface area contributed by atoms with Crippen molar-refractivity contribution >= 4 is 12.1 Å². The fraction of sp³-hybridized carbons (Fsp3) is 0.385. The van der Waals surface area contributed by atoms with Crippen molar-refractivity contribution in [1.82, 2.24) is 4.90 Å². The predicted octanol–water partition coefficient (Wildman–Crippen LogP) is -0.186. The van der Waals surface area contributed by atoms with E-state index >= 15 is 0 Å². The van der Waals surface area contributed by atoms with E-state index in [0.29, 0.717) is 0 Å². The van der Waals surface area contributed by atoms with E-state index in [1.54, 1.807) is 24.3 Å². The summed E-state index contributed by atoms with van der Waals surface area (Å²) in [5.74, 6) is -1.38. The Kier molecular flexibility index (Phi) is 4.21. The highest BCUT2D eigenvalue weighted by molar-refractivity contribution is 5.81. The number of hydrogen-bond acceptors (Lipinski definition) is 5. The van der Waals surface area contributed by atoms with Gasteiger partial charge in [-0.2, -0.15) is 0 Å². The summed E-state index contributed by atoms with van der Waals surface area (Å²) in [6.45, 7) is -0.277. The second kappa shape index (κ2) is 5.89. The van der Waals surface area contributed by atoms with Crippen LogP contribution in [0.1, 0.15) is 5.56 Å². The van der Waals surface area contributed by atoms with E-state index in [4.69, 9.17) is 9.84 Å². The molecule has 0 radical (unpaired) electrons. The predicted molar refractivity (Wildman–Crippen MR) is 66.8 cm³/mol. The molecule has 0 spiro atoms. The number of carbonyl (C=O) groups is 2. The molecule has 108 valence electrons. The first-order chi connectivity index (χ1) is 9.50. The Morgan fingerprint density at radius 3 is 2.50 bits per heavy atom. The van der Waals surface area contributed by atoms with E-state index in [1.807, 2.05) is 6.07 Å². The SMILES string of the molecule is O=C(O)[C@H]1[C@H](O)[C@H](O)CN1C(=O)OCc1ccccc1. The zero-order chi connectivity index (χ0) is 14.7. The molecule has 0 aromatic heterocycles. The topological polar surface area (TPSA) is 107 Å². The molecule has 0 bridgehead atoms. The van der Waals surface area contributed by atoms with Gasteiger partial charge in [0.25, 0.3) is 0 Å². The number of carboxylic acids is 1. The molecule has 0 aliphatic carbocycles. The molecule has 7 heteroatoms. The van der Waals surface area contributed by atoms with Gasteiger partial charge in [0, 0.05) is 0 Å². The summed E-state index contributed by atoms with van der Waals surface area (Å²) in [6, 6.07) is 7.41. The maximum absolute atomic E-state index is 11.8. The van der Waals surface area contributed by atoms with Crippen LogP contribution in [0.25, 0.3) is 0 Å². The maximum Gasteiger partial charge on any atom is 0.411 e. The van der Waals surface area contributed by atoms with Crippen LogP contribution in [0.3, 0.4) is 0 Å². The molecule has 1 aromatic rings. The summed E-state index contributed by atoms with van der Waals surface area (Å²) in [4.78, 5) is 23.7. The lowest BCUT2D eigenvalue weighted by Gasteiger charge is -2.21. The minimum absolute atomic E-state index is 0.00526. The number of β-amino-alcohol motifs (C(OH)–C–C–N with tert-alkyl or cyclic N) is 1. The van der Waals surface area contributed by atoms with Crippen molar-refractivity contribution in [3.63, 3.8) is 0 Å². The number of benzene rings is 1. The summed E-state index contributed by atoms with van der Waals surface area (Å²) in [5.41, 5.74) is 0.757. The van der Waals surface area contributed by atoms with Crippen LogP contribution < -0.4 is 0 Å². The van der Waals surface area contributed by atoms with Gasteiger partial charge in [-0.05, 0) is 5.56 Å². The fourth-order valence-electron chi connectivity index (χ4n) is 2.09. The highest BCUT2D eigenvalue weighted by Crippen LogP contribution is 2.20. The van der Waals surface area contributed by atoms with Crippen molar-refractivity contribution in [1.29, 1.82) is 0 Å². The molecule has 3 N–H and O–H groups in total. The second-order valence-electron chi connectivity index (χ2n) is 4.53. The van der Waals surface area contributed by atoms with Crippen LogP contribution in [0.5, 0.6) is 0 Å². The normalized spacial score (nSPS) is 25.5. The molecule has 0 saturated carbocycles. The molecule has 3 atom stereocenters. The van der Waals surface area contributed by atoms with Crippen molar-refractivity contribution in [2.45, 2.75) is 24.9 Å². The molecular weight excluding hydrogens is 266 g/mol. The molecule has 0 unspecified atom stereocenters. The van der Waals surface area contributed by atoms with E-state index in [-0.39, 0.29) is 13.2 Å². The number of likely N-dealkylation sites (tertiary alicyclic amines) is 1. The van der Waals surface area contributed by atoms with Crippen LogP contribution in [0.4, 0.5) is 4.79 Å². The molecule has 1 heterocycles. The van der Waals surface area contributed by atoms with E-state index in [2.05, 4.69) is 0 Å². The summed E-state index contributed by atoms with van der Waals surface area (Å²) < 4.78 is 4.99. The van der Waals surface area contributed by atoms with Gasteiger partial charge < -0.3 is 20.1 Å². The number of carbonyl (C=O) groups excluding carboxylic acids is 1. The minimum atomic E-state index is -1.52. The van der Waals surface area contributed by atoms with Crippen molar-refractivity contribution in [2.75, 3.05) is 6.54 Å². The lowest BCUT2D eigenvalue weighted by atomic mass is 10.1. The number of ether oxygens (including phenoxy) is 1. The van der Waals surface area contributed by atoms with Gasteiger partial charge in [0.1, 0.15) is 18.8 Å². The average molecular weight is 281 g/mol. The first-order valence-corrected chi connectivity index (χ1v) is 6.07. The monoisotopic (exact) mass is 281 g/mol. The number of nitrogens with zero attached hydrogens (tertiary/aromatic N) is 1. The number of aliphatic carboxylic acids is 1. The first-order valence-electron chi connectivity index (χ1n) is 6.07. The molecule has 1 fully saturated rings. The third-order valence-electron chi connectivity index (χ3n) is 3.13. The highest BCUT2D eigenvalue weighted by atomic mass is 16.6. The van der Waals surface area contributed by atoms with Gasteiger partial charge in [0.2, 0.25) is 0 Å². The molecule has 1 aliphatic heterocycles. The Bertz CT molecular complexity index is 491. The lowest BCUT2D eigenvalue weighted by Crippen LogP contribution is -2.45. The standard InChI is InChI=1S/C13H15NO6/c15-9-6-14(10(11(9)16)12(17)18)13(19)20-7-8-4-2-1-3-5-8/h1-5,9-11,15-16H,6-7H2,(H,17,18)/t9-,10-,11-/m1/s1. The largest absolute Gasteiger partial charge is 0.480 e. The molecule has 1 aliphatic rings. The first kappa shape index (κ1) is 14.3. The molecule has 1 amide bonds. The van der Waals surface area contributed by atoms with Gasteiger partial charge in [-0.1, -0.05) is 30.3 Å². The number of aliphatic hydroxyl groups is 2. The van der Waals surface area contributed by atoms with Crippen LogP contribution in [0.15, 0.2) is 30.3 Å². The molecule has 2 rings (SSSR count). The summed E-state index contributed by atoms with van der Waals surface area (Å²) in [6.07, 6.45) is -3.69. The number of rotatable bonds is 3. The summed E-state index contributed by atoms with van der Waals surface area (Å²) in [5, 5.41) is 28.0. The Morgan fingerprint density at radius 1 is 1.25 bits per heavy atom. The quantitative estimate of drug-likeness (QED) is 0.709. The lowest BCUT2D eigenvalue weighted by molar-refractivity contribution is -0.145. The van der Waals surface area contributed by atoms with Crippen LogP contribution in [-0.4, -0.2) is 57.1 Å². The zero-order valence-electron chi connectivity index (χ0n) is 10.5. The molecule has 1 saturated heterocycles. The van der Waals surface area contributed by atoms with Crippen molar-refractivity contribution < 1.29 is 29.6 Å². The van der Waals surface area contributed by atoms with Crippen molar-refractivity contribution in [2.24, 2.45) is 0 Å². The number of carboxylic acid groups (broad SMARTS) is 1. The molecule has 7 nitrogen and oxygen atoms in total. The summed E-state index contributed by atoms with van der Waals surface area (Å²) in [7, 11) is 0. The van der Waals surface area contributed by atoms with E-state index in [1.165, 1.54) is 0 Å². The van der Waals surface area contributed by atoms with Crippen LogP contribution in [-0.2, 0) is 16.1 Å². The van der Waals surface area contributed by atoms with Gasteiger partial charge in [0.05, 0.1) is 6.54 Å². The number of amides is 1. The van der Waals surface area contributed by atoms with Crippen molar-refractivity contribution in [3.05, 3.63) is 35.9 Å². The summed E-state index contributed by atoms with van der Waals surface area (Å²) >= 11 is 0. The maximum atomic E-state index is 11.8. The third kappa shape index (κ3) is 2.89. The number of hydrogen-bond donors (Lipinski definition) is 3. The smallest absolute Gasteiger partial charge is 0.411 e. The van der Waals surface area contributed by atoms with E-state index in [0.717, 1.165) is 10.5 Å². The Balaban J connectivity index is 1.99. The van der Waals surface area contributed by atoms with Crippen LogP contribution in [0.2, 0.25) is 0 Å². The van der Waals surface area contributed by atoms with E-state index in [9.17, 15) is 19.8 Å². The Labute approximate surface area is 115 Å². The van der Waals surface area contributed by atoms with Gasteiger partial charge in [-0.15, -0.1) is 0 Å². The average Bonchev–Trinajstić information content (AvgIpc) is 2.73. The fourth-order valence-corrected chi connectivity index (χ4v) is 2.09. The van der Waals surface area contributed by atoms with E-state index < -0.39 is 30.3 Å². The van der Waals surface area contributed by atoms with Crippen LogP contribution in [0, 0.1) is 0 Å². The van der Waals surface area contributed by atoms with Crippen LogP contribution >= 0.6 is 0 Å². The second-order valence-corrected chi connectivity index (χ2v) is 4.53. The van der Waals surface area contributed by atoms with Gasteiger partial charge >= 0.3 is 12.1 Å². The van der Waals surface area contributed by atoms with Crippen molar-refractivity contribution in [3.8, 4) is 0 Å². The highest BCUT2D eigenvalue weighted by Gasteiger charge is 2.47. The number of aliphatic hydroxyl groups excluding tert-OH is 2. The molecule has 20 heavy (non-hydrogen) atoms. The Hall–Kier alpha value is -2.12. The minimum Gasteiger partial charge on any atom is -0.480 e. The van der Waals surface area contributed by atoms with Gasteiger partial charge in [-0.25, -0.2) is 9.59 Å². The zero-order valence-corrected chi connectivity index (χ0v) is 10.5. The Morgan fingerprint density at radius 2 is 1.90 bits per heavy atom. The third-order valence-corrected chi connectivity index (χ3v) is 3.13. The van der Waals surface area contributed by atoms with Gasteiger partial charge in [0.15, 0.2) is 6.04 Å².